The summed E-state index contributed by atoms with van der Waals surface area (Å²) < 4.78 is 10.7. The fraction of sp³-hybridized carbons (Fsp3) is 0.150. The van der Waals surface area contributed by atoms with Crippen molar-refractivity contribution in [3.05, 3.63) is 70.8 Å². The van der Waals surface area contributed by atoms with Gasteiger partial charge in [0.2, 0.25) is 0 Å². The number of carbonyl (C=O) groups is 1. The summed E-state index contributed by atoms with van der Waals surface area (Å²) in [5, 5.41) is 18.3. The molecule has 0 saturated heterocycles. The Morgan fingerprint density at radius 2 is 1.84 bits per heavy atom. The summed E-state index contributed by atoms with van der Waals surface area (Å²) in [5.41, 5.74) is 1.78. The summed E-state index contributed by atoms with van der Waals surface area (Å²) in [5.74, 6) is -0.165. The molecule has 0 aliphatic heterocycles. The number of carbonyl (C=O) groups excluding carboxylic acids is 1. The summed E-state index contributed by atoms with van der Waals surface area (Å²) >= 11 is 0. The lowest BCUT2D eigenvalue weighted by molar-refractivity contribution is -0.137. The zero-order valence-corrected chi connectivity index (χ0v) is 13.7. The van der Waals surface area contributed by atoms with E-state index in [9.17, 15) is 4.79 Å². The zero-order valence-electron chi connectivity index (χ0n) is 13.7. The average Bonchev–Trinajstić information content (AvgIpc) is 2.65. The van der Waals surface area contributed by atoms with Gasteiger partial charge in [0.25, 0.3) is 0 Å². The Hall–Kier alpha value is -3.57. The highest BCUT2D eigenvalue weighted by Crippen LogP contribution is 2.23. The molecular formula is C20H16N2O3. The van der Waals surface area contributed by atoms with Gasteiger partial charge >= 0.3 is 5.97 Å². The molecule has 0 atom stereocenters. The van der Waals surface area contributed by atoms with E-state index in [0.717, 1.165) is 5.56 Å². The van der Waals surface area contributed by atoms with Gasteiger partial charge in [0.15, 0.2) is 0 Å². The smallest absolute Gasteiger partial charge is 0.348 e. The Kier molecular flexibility index (Phi) is 6.33. The van der Waals surface area contributed by atoms with E-state index in [-0.39, 0.29) is 18.8 Å². The first-order valence-electron chi connectivity index (χ1n) is 7.68. The minimum absolute atomic E-state index is 0.102. The number of hydrogen-bond acceptors (Lipinski definition) is 5. The van der Waals surface area contributed by atoms with Crippen LogP contribution in [0, 0.1) is 22.7 Å². The van der Waals surface area contributed by atoms with E-state index >= 15 is 0 Å². The predicted octanol–water partition coefficient (Wildman–Crippen LogP) is 3.61. The van der Waals surface area contributed by atoms with Crippen molar-refractivity contribution in [3.63, 3.8) is 0 Å². The fourth-order valence-electron chi connectivity index (χ4n) is 2.14. The first-order chi connectivity index (χ1) is 12.2. The number of para-hydroxylation sites is 1. The Morgan fingerprint density at radius 3 is 2.56 bits per heavy atom. The highest BCUT2D eigenvalue weighted by Gasteiger charge is 2.12. The van der Waals surface area contributed by atoms with Gasteiger partial charge in [-0.3, -0.25) is 0 Å². The van der Waals surface area contributed by atoms with Gasteiger partial charge in [0, 0.05) is 11.1 Å². The van der Waals surface area contributed by atoms with E-state index in [2.05, 4.69) is 6.07 Å². The van der Waals surface area contributed by atoms with Crippen molar-refractivity contribution in [2.24, 2.45) is 0 Å². The molecule has 2 aromatic carbocycles. The van der Waals surface area contributed by atoms with Gasteiger partial charge in [-0.2, -0.15) is 10.5 Å². The summed E-state index contributed by atoms with van der Waals surface area (Å²) in [6.07, 6.45) is 1.43. The van der Waals surface area contributed by atoms with Crippen LogP contribution in [0.1, 0.15) is 23.6 Å². The molecule has 0 fully saturated rings. The molecule has 2 aromatic rings. The van der Waals surface area contributed by atoms with Gasteiger partial charge in [-0.05, 0) is 25.1 Å². The van der Waals surface area contributed by atoms with Crippen LogP contribution in [0.5, 0.6) is 5.75 Å². The van der Waals surface area contributed by atoms with Crippen LogP contribution >= 0.6 is 0 Å². The maximum absolute atomic E-state index is 11.8. The second-order valence-corrected chi connectivity index (χ2v) is 4.99. The molecule has 0 spiro atoms. The zero-order chi connectivity index (χ0) is 18.1. The Labute approximate surface area is 146 Å². The van der Waals surface area contributed by atoms with E-state index in [1.54, 1.807) is 43.3 Å². The Balaban J connectivity index is 2.25. The van der Waals surface area contributed by atoms with Gasteiger partial charge in [0.05, 0.1) is 18.2 Å². The van der Waals surface area contributed by atoms with Crippen LogP contribution in [-0.4, -0.2) is 12.6 Å². The van der Waals surface area contributed by atoms with Gasteiger partial charge in [-0.25, -0.2) is 4.79 Å². The van der Waals surface area contributed by atoms with E-state index in [1.165, 1.54) is 6.08 Å². The summed E-state index contributed by atoms with van der Waals surface area (Å²) in [7, 11) is 0. The molecule has 0 aromatic heterocycles. The van der Waals surface area contributed by atoms with Crippen LogP contribution in [0.4, 0.5) is 0 Å². The molecule has 5 nitrogen and oxygen atoms in total. The van der Waals surface area contributed by atoms with E-state index in [1.807, 2.05) is 18.2 Å². The molecule has 25 heavy (non-hydrogen) atoms. The van der Waals surface area contributed by atoms with E-state index in [4.69, 9.17) is 20.0 Å². The summed E-state index contributed by atoms with van der Waals surface area (Å²) in [6, 6.07) is 18.2. The summed E-state index contributed by atoms with van der Waals surface area (Å²) in [6.45, 7) is 2.08. The number of nitriles is 2. The third kappa shape index (κ3) is 4.70. The molecule has 0 radical (unpaired) electrons. The lowest BCUT2D eigenvalue weighted by Gasteiger charge is -2.10. The first-order valence-corrected chi connectivity index (χ1v) is 7.68. The maximum atomic E-state index is 11.8. The number of benzene rings is 2. The van der Waals surface area contributed by atoms with Crippen molar-refractivity contribution in [2.75, 3.05) is 6.61 Å². The maximum Gasteiger partial charge on any atom is 0.348 e. The molecule has 0 aliphatic carbocycles. The molecule has 0 unspecified atom stereocenters. The van der Waals surface area contributed by atoms with Crippen molar-refractivity contribution in [1.82, 2.24) is 0 Å². The Morgan fingerprint density at radius 1 is 1.12 bits per heavy atom. The fourth-order valence-corrected chi connectivity index (χ4v) is 2.14. The van der Waals surface area contributed by atoms with Crippen LogP contribution in [0.2, 0.25) is 0 Å². The largest absolute Gasteiger partial charge is 0.488 e. The van der Waals surface area contributed by atoms with Crippen LogP contribution in [-0.2, 0) is 16.1 Å². The number of ether oxygens (including phenoxy) is 2. The van der Waals surface area contributed by atoms with Crippen LogP contribution in [0.15, 0.2) is 54.1 Å². The topological polar surface area (TPSA) is 83.1 Å². The highest BCUT2D eigenvalue weighted by atomic mass is 16.5. The predicted molar refractivity (Wildman–Crippen MR) is 92.2 cm³/mol. The molecule has 0 N–H and O–H groups in total. The number of nitrogens with zero attached hydrogens (tertiary/aromatic N) is 2. The van der Waals surface area contributed by atoms with E-state index in [0.29, 0.717) is 16.9 Å². The van der Waals surface area contributed by atoms with E-state index < -0.39 is 5.97 Å². The lowest BCUT2D eigenvalue weighted by atomic mass is 10.1. The van der Waals surface area contributed by atoms with Crippen molar-refractivity contribution < 1.29 is 14.3 Å². The Bertz CT molecular complexity index is 873. The molecule has 0 bridgehead atoms. The van der Waals surface area contributed by atoms with Crippen molar-refractivity contribution in [2.45, 2.75) is 13.5 Å². The highest BCUT2D eigenvalue weighted by molar-refractivity contribution is 5.98. The second-order valence-electron chi connectivity index (χ2n) is 4.99. The third-order valence-electron chi connectivity index (χ3n) is 3.36. The molecular weight excluding hydrogens is 316 g/mol. The molecule has 124 valence electrons. The SMILES string of the molecule is CCOC(=O)/C(C#N)=C/c1ccccc1OCc1ccccc1C#N. The normalized spacial score (nSPS) is 10.4. The minimum atomic E-state index is -0.672. The minimum Gasteiger partial charge on any atom is -0.488 e. The van der Waals surface area contributed by atoms with Crippen molar-refractivity contribution in [3.8, 4) is 17.9 Å². The number of hydrogen-bond donors (Lipinski definition) is 0. The number of rotatable bonds is 6. The molecule has 2 rings (SSSR count). The van der Waals surface area contributed by atoms with Gasteiger partial charge in [-0.15, -0.1) is 0 Å². The second kappa shape index (κ2) is 8.90. The molecule has 0 amide bonds. The van der Waals surface area contributed by atoms with Gasteiger partial charge in [0.1, 0.15) is 24.0 Å². The average molecular weight is 332 g/mol. The van der Waals surface area contributed by atoms with Gasteiger partial charge < -0.3 is 9.47 Å². The molecule has 5 heteroatoms. The molecule has 0 aliphatic rings. The quantitative estimate of drug-likeness (QED) is 0.458. The van der Waals surface area contributed by atoms with Crippen molar-refractivity contribution in [1.29, 1.82) is 10.5 Å². The first kappa shape index (κ1) is 17.8. The lowest BCUT2D eigenvalue weighted by Crippen LogP contribution is -2.06. The van der Waals surface area contributed by atoms with Crippen LogP contribution in [0.25, 0.3) is 6.08 Å². The number of esters is 1. The van der Waals surface area contributed by atoms with Gasteiger partial charge in [-0.1, -0.05) is 36.4 Å². The molecule has 0 saturated carbocycles. The summed E-state index contributed by atoms with van der Waals surface area (Å²) in [4.78, 5) is 11.8. The van der Waals surface area contributed by atoms with Crippen molar-refractivity contribution >= 4 is 12.0 Å². The standard InChI is InChI=1S/C20H16N2O3/c1-2-24-20(23)18(13-22)11-15-7-5-6-10-19(15)25-14-17-9-4-3-8-16(17)12-21/h3-11H,2,14H2,1H3/b18-11+. The van der Waals surface area contributed by atoms with Crippen LogP contribution in [0.3, 0.4) is 0 Å². The van der Waals surface area contributed by atoms with Crippen LogP contribution < -0.4 is 4.74 Å². The monoisotopic (exact) mass is 332 g/mol. The molecule has 0 heterocycles. The third-order valence-corrected chi connectivity index (χ3v) is 3.36.